The normalized spacial score (nSPS) is 11.2. The van der Waals surface area contributed by atoms with Crippen molar-refractivity contribution < 1.29 is 19.4 Å². The van der Waals surface area contributed by atoms with E-state index in [1.807, 2.05) is 0 Å². The molecule has 0 radical (unpaired) electrons. The Morgan fingerprint density at radius 1 is 0.500 bits per heavy atom. The molecule has 0 atom stereocenters. The first-order valence-electron chi connectivity index (χ1n) is 18.8. The number of carbonyl (C=O) groups is 2. The molecule has 0 fully saturated rings. The van der Waals surface area contributed by atoms with Crippen molar-refractivity contribution in [1.29, 1.82) is 0 Å². The molecule has 0 bridgehead atoms. The van der Waals surface area contributed by atoms with Crippen LogP contribution in [-0.4, -0.2) is 23.7 Å². The smallest absolute Gasteiger partial charge is 0.339 e. The fourth-order valence-electron chi connectivity index (χ4n) is 6.91. The quantitative estimate of drug-likeness (QED) is 0.0633. The molecule has 0 heterocycles. The molecule has 0 spiro atoms. The number of rotatable bonds is 16. The predicted octanol–water partition coefficient (Wildman–Crippen LogP) is 13.1. The molecule has 0 saturated heterocycles. The number of esters is 1. The van der Waals surface area contributed by atoms with Crippen LogP contribution in [0.15, 0.2) is 103 Å². The lowest BCUT2D eigenvalue weighted by Gasteiger charge is -2.14. The molecule has 0 aliphatic carbocycles. The maximum absolute atomic E-state index is 11.8. The van der Waals surface area contributed by atoms with Crippen molar-refractivity contribution in [2.24, 2.45) is 0 Å². The van der Waals surface area contributed by atoms with Crippen LogP contribution in [-0.2, 0) is 11.2 Å². The average Bonchev–Trinajstić information content (AvgIpc) is 3.14. The van der Waals surface area contributed by atoms with Crippen molar-refractivity contribution >= 4 is 55.0 Å². The van der Waals surface area contributed by atoms with E-state index >= 15 is 0 Å². The Hall–Kier alpha value is -4.70. The van der Waals surface area contributed by atoms with E-state index in [-0.39, 0.29) is 11.1 Å². The van der Waals surface area contributed by atoms with E-state index in [9.17, 15) is 9.59 Å². The third-order valence-electron chi connectivity index (χ3n) is 9.69. The van der Waals surface area contributed by atoms with Gasteiger partial charge < -0.3 is 9.84 Å². The van der Waals surface area contributed by atoms with Crippen LogP contribution in [0, 0.1) is 0 Å². The van der Waals surface area contributed by atoms with Gasteiger partial charge in [-0.3, -0.25) is 0 Å². The van der Waals surface area contributed by atoms with E-state index in [1.165, 1.54) is 119 Å². The summed E-state index contributed by atoms with van der Waals surface area (Å²) >= 11 is 0. The topological polar surface area (TPSA) is 63.6 Å². The fourth-order valence-corrected chi connectivity index (χ4v) is 6.91. The molecule has 1 N–H and O–H groups in total. The van der Waals surface area contributed by atoms with Crippen molar-refractivity contribution in [3.63, 3.8) is 0 Å². The third-order valence-corrected chi connectivity index (χ3v) is 9.69. The first-order chi connectivity index (χ1) is 24.5. The van der Waals surface area contributed by atoms with Crippen LogP contribution in [0.3, 0.4) is 0 Å². The summed E-state index contributed by atoms with van der Waals surface area (Å²) in [5.74, 6) is -1.67. The number of carboxylic acids is 1. The highest BCUT2D eigenvalue weighted by Gasteiger charge is 2.16. The third kappa shape index (κ3) is 9.72. The number of aromatic carboxylic acids is 1. The zero-order valence-corrected chi connectivity index (χ0v) is 29.9. The molecule has 6 aromatic rings. The number of fused-ring (bicyclic) bond motifs is 4. The number of carboxylic acid groups (broad SMARTS) is 1. The molecule has 6 rings (SSSR count). The molecule has 50 heavy (non-hydrogen) atoms. The van der Waals surface area contributed by atoms with E-state index in [0.29, 0.717) is 6.61 Å². The molecule has 0 aliphatic heterocycles. The van der Waals surface area contributed by atoms with Crippen molar-refractivity contribution in [2.75, 3.05) is 6.61 Å². The van der Waals surface area contributed by atoms with Crippen LogP contribution in [0.25, 0.3) is 43.1 Å². The number of unbranched alkanes of at least 4 members (excludes halogenated alkanes) is 10. The monoisotopic (exact) mass is 668 g/mol. The molecule has 260 valence electrons. The van der Waals surface area contributed by atoms with Crippen molar-refractivity contribution in [2.45, 2.75) is 97.3 Å². The summed E-state index contributed by atoms with van der Waals surface area (Å²) < 4.78 is 5.12. The molecule has 4 nitrogen and oxygen atoms in total. The predicted molar refractivity (Wildman–Crippen MR) is 211 cm³/mol. The molecule has 0 aromatic heterocycles. The summed E-state index contributed by atoms with van der Waals surface area (Å²) in [7, 11) is 0. The van der Waals surface area contributed by atoms with Crippen molar-refractivity contribution in [3.8, 4) is 0 Å². The Kier molecular flexibility index (Phi) is 13.8. The number of hydrogen-bond acceptors (Lipinski definition) is 3. The number of carbonyl (C=O) groups excluding carboxylic acids is 1. The maximum Gasteiger partial charge on any atom is 0.339 e. The van der Waals surface area contributed by atoms with Gasteiger partial charge in [0.05, 0.1) is 17.7 Å². The minimum Gasteiger partial charge on any atom is -0.478 e. The van der Waals surface area contributed by atoms with E-state index in [2.05, 4.69) is 92.7 Å². The summed E-state index contributed by atoms with van der Waals surface area (Å²) in [4.78, 5) is 22.8. The Morgan fingerprint density at radius 2 is 0.920 bits per heavy atom. The van der Waals surface area contributed by atoms with Crippen LogP contribution in [0.5, 0.6) is 0 Å². The van der Waals surface area contributed by atoms with Crippen LogP contribution in [0.1, 0.15) is 117 Å². The molecule has 6 aromatic carbocycles. The molecule has 0 saturated carbocycles. The van der Waals surface area contributed by atoms with Crippen LogP contribution in [0.4, 0.5) is 0 Å². The molecule has 0 aliphatic rings. The van der Waals surface area contributed by atoms with Gasteiger partial charge in [0.25, 0.3) is 0 Å². The fraction of sp³-hybridized carbons (Fsp3) is 0.348. The standard InChI is InChI=1S/C30H30.C16H22O4/c1-2-3-4-5-6-7-16-28-29-20-24-14-10-8-12-22(24)17-26(29)19-27-18-23-13-9-11-15-25(23)21-30(27)28;1-2-3-4-5-6-9-12-20-16(19)14-11-8-7-10-13(14)15(17)18/h8-15,17-21H,2-7,16H2,1H3;7-8,10-11H,2-6,9,12H2,1H3,(H,17,18). The second-order valence-corrected chi connectivity index (χ2v) is 13.5. The number of hydrogen-bond donors (Lipinski definition) is 1. The number of aryl methyl sites for hydroxylation is 1. The van der Waals surface area contributed by atoms with Gasteiger partial charge in [-0.2, -0.15) is 0 Å². The van der Waals surface area contributed by atoms with Gasteiger partial charge in [-0.15, -0.1) is 0 Å². The Labute approximate surface area is 297 Å². The van der Waals surface area contributed by atoms with Crippen molar-refractivity contribution in [3.05, 3.63) is 120 Å². The van der Waals surface area contributed by atoms with E-state index in [0.717, 1.165) is 25.7 Å². The van der Waals surface area contributed by atoms with Crippen LogP contribution < -0.4 is 0 Å². The van der Waals surface area contributed by atoms with E-state index in [4.69, 9.17) is 9.84 Å². The van der Waals surface area contributed by atoms with Gasteiger partial charge in [-0.25, -0.2) is 9.59 Å². The highest BCUT2D eigenvalue weighted by atomic mass is 16.5. The van der Waals surface area contributed by atoms with Gasteiger partial charge in [0.15, 0.2) is 0 Å². The second kappa shape index (κ2) is 18.9. The maximum atomic E-state index is 11.8. The number of ether oxygens (including phenoxy) is 1. The minimum atomic E-state index is -1.11. The largest absolute Gasteiger partial charge is 0.478 e. The Balaban J connectivity index is 0.000000213. The van der Waals surface area contributed by atoms with Gasteiger partial charge in [-0.1, -0.05) is 139 Å². The summed E-state index contributed by atoms with van der Waals surface area (Å²) in [6, 6.07) is 35.6. The molecule has 4 heteroatoms. The highest BCUT2D eigenvalue weighted by Crippen LogP contribution is 2.35. The zero-order valence-electron chi connectivity index (χ0n) is 29.9. The lowest BCUT2D eigenvalue weighted by Crippen LogP contribution is -2.12. The Morgan fingerprint density at radius 3 is 1.44 bits per heavy atom. The lowest BCUT2D eigenvalue weighted by atomic mass is 9.90. The lowest BCUT2D eigenvalue weighted by molar-refractivity contribution is 0.0487. The van der Waals surface area contributed by atoms with E-state index < -0.39 is 11.9 Å². The van der Waals surface area contributed by atoms with Gasteiger partial charge in [0, 0.05) is 0 Å². The van der Waals surface area contributed by atoms with E-state index in [1.54, 1.807) is 12.1 Å². The van der Waals surface area contributed by atoms with Gasteiger partial charge >= 0.3 is 11.9 Å². The minimum absolute atomic E-state index is 0.0135. The van der Waals surface area contributed by atoms with Crippen molar-refractivity contribution in [1.82, 2.24) is 0 Å². The second-order valence-electron chi connectivity index (χ2n) is 13.5. The van der Waals surface area contributed by atoms with Gasteiger partial charge in [0.1, 0.15) is 0 Å². The highest BCUT2D eigenvalue weighted by molar-refractivity contribution is 6.10. The summed E-state index contributed by atoms with van der Waals surface area (Å²) in [6.07, 6.45) is 15.9. The van der Waals surface area contributed by atoms with Crippen LogP contribution >= 0.6 is 0 Å². The molecule has 0 amide bonds. The summed E-state index contributed by atoms with van der Waals surface area (Å²) in [6.45, 7) is 4.80. The number of benzene rings is 6. The Bertz CT molecular complexity index is 1930. The molecule has 0 unspecified atom stereocenters. The van der Waals surface area contributed by atoms with Crippen LogP contribution in [0.2, 0.25) is 0 Å². The zero-order chi connectivity index (χ0) is 35.1. The summed E-state index contributed by atoms with van der Waals surface area (Å²) in [5.41, 5.74) is 1.64. The van der Waals surface area contributed by atoms with Gasteiger partial charge in [-0.05, 0) is 110 Å². The molecular formula is C46H52O4. The van der Waals surface area contributed by atoms with Gasteiger partial charge in [0.2, 0.25) is 0 Å². The first kappa shape index (κ1) is 36.6. The average molecular weight is 669 g/mol. The first-order valence-corrected chi connectivity index (χ1v) is 18.8. The SMILES string of the molecule is CCCCCCCCOC(=O)c1ccccc1C(=O)O.CCCCCCCCc1c2cc3ccccc3cc2cc2cc3ccccc3cc12. The molecular weight excluding hydrogens is 617 g/mol. The summed E-state index contributed by atoms with van der Waals surface area (Å²) in [5, 5.41) is 20.0.